The Hall–Kier alpha value is -5.15. The van der Waals surface area contributed by atoms with Crippen LogP contribution in [0.25, 0.3) is 0 Å². The van der Waals surface area contributed by atoms with Crippen LogP contribution in [0.3, 0.4) is 0 Å². The second kappa shape index (κ2) is 26.6. The van der Waals surface area contributed by atoms with E-state index in [0.717, 1.165) is 54.9 Å². The molecule has 55 heavy (non-hydrogen) atoms. The number of carbonyl (C=O) groups excluding carboxylic acids is 2. The van der Waals surface area contributed by atoms with Gasteiger partial charge in [0.25, 0.3) is 0 Å². The summed E-state index contributed by atoms with van der Waals surface area (Å²) in [6.07, 6.45) is 11.9. The molecule has 0 amide bonds. The number of hydrogen-bond donors (Lipinski definition) is 4. The predicted molar refractivity (Wildman–Crippen MR) is 212 cm³/mol. The van der Waals surface area contributed by atoms with Crippen LogP contribution < -0.4 is 10.2 Å². The van der Waals surface area contributed by atoms with Crippen molar-refractivity contribution in [1.82, 2.24) is 0 Å². The van der Waals surface area contributed by atoms with E-state index in [4.69, 9.17) is 20.2 Å². The van der Waals surface area contributed by atoms with Gasteiger partial charge in [-0.3, -0.25) is 9.98 Å². The Kier molecular flexibility index (Phi) is 23.2. The molecule has 0 saturated carbocycles. The molecule has 4 rings (SSSR count). The molecule has 10 nitrogen and oxygen atoms in total. The van der Waals surface area contributed by atoms with E-state index in [0.29, 0.717) is 24.0 Å². The first-order valence-electron chi connectivity index (χ1n) is 18.7. The van der Waals surface area contributed by atoms with Gasteiger partial charge in [-0.25, -0.2) is 0 Å². The molecule has 4 aromatic carbocycles. The average molecular weight is 798 g/mol. The predicted octanol–water partition coefficient (Wildman–Crippen LogP) is 8.52. The number of carboxylic acid groups (broad SMARTS) is 2. The number of phenols is 4. The van der Waals surface area contributed by atoms with E-state index in [1.807, 2.05) is 50.2 Å². The minimum atomic E-state index is -1.47. The van der Waals surface area contributed by atoms with E-state index >= 15 is 0 Å². The second-order valence-electron chi connectivity index (χ2n) is 12.7. The summed E-state index contributed by atoms with van der Waals surface area (Å²) in [7, 11) is 0. The van der Waals surface area contributed by atoms with Gasteiger partial charge in [-0.1, -0.05) is 115 Å². The summed E-state index contributed by atoms with van der Waals surface area (Å²) >= 11 is 0. The third-order valence-electron chi connectivity index (χ3n) is 8.34. The van der Waals surface area contributed by atoms with Crippen LogP contribution in [0, 0.1) is 0 Å². The fourth-order valence-corrected chi connectivity index (χ4v) is 5.56. The molecule has 0 aliphatic rings. The zero-order valence-corrected chi connectivity index (χ0v) is 33.2. The molecule has 0 fully saturated rings. The standard InChI is InChI=1S/C24H32N2.2C10H12O4.Ni/c1-3-5-7-14-20-24(26-22-17-12-9-13-18-22)23(19-6-4-2)25-21-15-10-8-11-16-21;2*1-2-3-6-4-5-7(11)9(12)8(6)10(13)14;/h8-13,15-18H,3-7,14,19-20H2,1-2H3;2*4-5,11-12H,2-3H2,1H3,(H,13,14);/q;;;+2/p-2. The Bertz CT molecular complexity index is 1740. The van der Waals surface area contributed by atoms with Crippen LogP contribution in [-0.2, 0) is 29.3 Å². The molecule has 0 unspecified atom stereocenters. The quantitative estimate of drug-likeness (QED) is 0.0354. The molecule has 0 aliphatic heterocycles. The van der Waals surface area contributed by atoms with E-state index in [9.17, 15) is 30.0 Å². The van der Waals surface area contributed by atoms with E-state index in [1.54, 1.807) is 0 Å². The molecule has 11 heteroatoms. The van der Waals surface area contributed by atoms with Gasteiger partial charge < -0.3 is 40.2 Å². The van der Waals surface area contributed by atoms with Crippen molar-refractivity contribution >= 4 is 34.7 Å². The first-order chi connectivity index (χ1) is 26.0. The second-order valence-corrected chi connectivity index (χ2v) is 12.7. The summed E-state index contributed by atoms with van der Waals surface area (Å²) in [5.41, 5.74) is 4.68. The van der Waals surface area contributed by atoms with E-state index in [-0.39, 0.29) is 27.6 Å². The summed E-state index contributed by atoms with van der Waals surface area (Å²) in [6.45, 7) is 8.27. The molecule has 0 heterocycles. The van der Waals surface area contributed by atoms with Gasteiger partial charge in [-0.05, 0) is 86.1 Å². The van der Waals surface area contributed by atoms with Crippen molar-refractivity contribution in [3.05, 3.63) is 107 Å². The fraction of sp³-hybridized carbons (Fsp3) is 0.364. The maximum Gasteiger partial charge on any atom is 2.00 e. The Balaban J connectivity index is 0.000000444. The number of phenolic OH excluding ortho intramolecular Hbond substituents is 2. The van der Waals surface area contributed by atoms with Gasteiger partial charge in [-0.15, -0.1) is 0 Å². The summed E-state index contributed by atoms with van der Waals surface area (Å²) in [6, 6.07) is 26.1. The molecule has 0 radical (unpaired) electrons. The molecule has 4 N–H and O–H groups in total. The number of aromatic carboxylic acids is 2. The number of rotatable bonds is 17. The number of carbonyl (C=O) groups is 2. The van der Waals surface area contributed by atoms with Crippen LogP contribution in [0.15, 0.2) is 94.9 Å². The summed E-state index contributed by atoms with van der Waals surface area (Å²) in [5, 5.41) is 58.2. The molecule has 4 aromatic rings. The zero-order valence-electron chi connectivity index (χ0n) is 32.2. The van der Waals surface area contributed by atoms with Gasteiger partial charge in [0, 0.05) is 11.1 Å². The Morgan fingerprint density at radius 2 is 0.891 bits per heavy atom. The third kappa shape index (κ3) is 16.4. The first-order valence-corrected chi connectivity index (χ1v) is 18.7. The summed E-state index contributed by atoms with van der Waals surface area (Å²) < 4.78 is 0. The summed E-state index contributed by atoms with van der Waals surface area (Å²) in [4.78, 5) is 31.3. The van der Waals surface area contributed by atoms with Gasteiger partial charge >= 0.3 is 16.5 Å². The number of aryl methyl sites for hydroxylation is 2. The topological polar surface area (TPSA) is 186 Å². The number of unbranched alkanes of at least 4 members (excludes halogenated alkanes) is 4. The van der Waals surface area contributed by atoms with Gasteiger partial charge in [-0.2, -0.15) is 0 Å². The van der Waals surface area contributed by atoms with Crippen LogP contribution >= 0.6 is 0 Å². The van der Waals surface area contributed by atoms with Crippen molar-refractivity contribution in [2.24, 2.45) is 9.98 Å². The maximum atomic E-state index is 10.7. The minimum absolute atomic E-state index is 0. The Morgan fingerprint density at radius 1 is 0.509 bits per heavy atom. The zero-order chi connectivity index (χ0) is 39.9. The number of benzene rings is 4. The molecule has 0 atom stereocenters. The summed E-state index contributed by atoms with van der Waals surface area (Å²) in [5.74, 6) is -5.05. The average Bonchev–Trinajstić information content (AvgIpc) is 3.16. The smallest absolute Gasteiger partial charge is 0.545 e. The number of aliphatic imine (C=N–C) groups is 2. The van der Waals surface area contributed by atoms with E-state index in [2.05, 4.69) is 38.1 Å². The number of carboxylic acids is 2. The number of aromatic hydroxyl groups is 4. The van der Waals surface area contributed by atoms with Crippen LogP contribution in [0.4, 0.5) is 11.4 Å². The molecule has 0 aromatic heterocycles. The van der Waals surface area contributed by atoms with Crippen LogP contribution in [0.1, 0.15) is 124 Å². The number of nitrogens with zero attached hydrogens (tertiary/aromatic N) is 2. The molecule has 0 spiro atoms. The van der Waals surface area contributed by atoms with Gasteiger partial charge in [0.05, 0.1) is 34.7 Å². The van der Waals surface area contributed by atoms with Crippen LogP contribution in [0.5, 0.6) is 23.0 Å². The SMILES string of the molecule is CCCCCCC(=Nc1ccccc1)C(CCCC)=Nc1ccccc1.CCCc1ccc(O)c(O)c1C(=O)[O-].CCCc1ccc(O)c(O)c1C(=O)[O-].[Ni+2]. The molecule has 298 valence electrons. The molecule has 0 saturated heterocycles. The number of hydrogen-bond acceptors (Lipinski definition) is 10. The third-order valence-corrected chi connectivity index (χ3v) is 8.34. The van der Waals surface area contributed by atoms with E-state index in [1.165, 1.54) is 56.4 Å². The monoisotopic (exact) mass is 796 g/mol. The van der Waals surface area contributed by atoms with Gasteiger partial charge in [0.15, 0.2) is 23.0 Å². The van der Waals surface area contributed by atoms with Crippen molar-refractivity contribution < 1.29 is 56.7 Å². The van der Waals surface area contributed by atoms with E-state index < -0.39 is 34.9 Å². The molecular formula is C44H54N2NiO8. The molecule has 0 bridgehead atoms. The van der Waals surface area contributed by atoms with Crippen LogP contribution in [-0.4, -0.2) is 43.8 Å². The first kappa shape index (κ1) is 47.9. The normalized spacial score (nSPS) is 11.0. The van der Waals surface area contributed by atoms with Crippen molar-refractivity contribution in [2.45, 2.75) is 105 Å². The fourth-order valence-electron chi connectivity index (χ4n) is 5.56. The van der Waals surface area contributed by atoms with Crippen molar-refractivity contribution in [2.75, 3.05) is 0 Å². The van der Waals surface area contributed by atoms with Gasteiger partial charge in [0.2, 0.25) is 0 Å². The largest absolute Gasteiger partial charge is 2.00 e. The van der Waals surface area contributed by atoms with Crippen LogP contribution in [0.2, 0.25) is 0 Å². The van der Waals surface area contributed by atoms with Crippen molar-refractivity contribution in [1.29, 1.82) is 0 Å². The molecular weight excluding hydrogens is 743 g/mol. The van der Waals surface area contributed by atoms with Crippen molar-refractivity contribution in [3.63, 3.8) is 0 Å². The number of para-hydroxylation sites is 2. The molecule has 0 aliphatic carbocycles. The minimum Gasteiger partial charge on any atom is -0.545 e. The Labute approximate surface area is 335 Å². The van der Waals surface area contributed by atoms with Crippen molar-refractivity contribution in [3.8, 4) is 23.0 Å². The maximum absolute atomic E-state index is 10.7. The Morgan fingerprint density at radius 3 is 1.24 bits per heavy atom. The van der Waals surface area contributed by atoms with Gasteiger partial charge in [0.1, 0.15) is 0 Å².